The van der Waals surface area contributed by atoms with Crippen LogP contribution in [0.3, 0.4) is 0 Å². The second kappa shape index (κ2) is 4.76. The van der Waals surface area contributed by atoms with Gasteiger partial charge in [0, 0.05) is 36.6 Å². The molecule has 0 radical (unpaired) electrons. The summed E-state index contributed by atoms with van der Waals surface area (Å²) >= 11 is 0. The monoisotopic (exact) mass is 282 g/mol. The molecular weight excluding hydrogens is 271 g/mol. The molecule has 0 bridgehead atoms. The van der Waals surface area contributed by atoms with Crippen LogP contribution in [0.5, 0.6) is 0 Å². The first-order chi connectivity index (χ1) is 10.1. The Balaban J connectivity index is 2.30. The molecule has 21 heavy (non-hydrogen) atoms. The molecule has 0 aromatic carbocycles. The number of halogens is 1. The van der Waals surface area contributed by atoms with E-state index in [1.807, 2.05) is 0 Å². The van der Waals surface area contributed by atoms with Gasteiger partial charge >= 0.3 is 0 Å². The Morgan fingerprint density at radius 3 is 3.00 bits per heavy atom. The van der Waals surface area contributed by atoms with Gasteiger partial charge in [0.05, 0.1) is 5.39 Å². The average Bonchev–Trinajstić information content (AvgIpc) is 2.88. The van der Waals surface area contributed by atoms with E-state index >= 15 is 0 Å². The third-order valence-corrected chi connectivity index (χ3v) is 3.14. The number of nitrogen functional groups attached to an aromatic ring is 1. The summed E-state index contributed by atoms with van der Waals surface area (Å²) < 4.78 is 15.6. The highest BCUT2D eigenvalue weighted by molar-refractivity contribution is 5.99. The van der Waals surface area contributed by atoms with Crippen LogP contribution in [0.15, 0.2) is 29.8 Å². The fourth-order valence-electron chi connectivity index (χ4n) is 2.23. The van der Waals surface area contributed by atoms with Crippen molar-refractivity contribution in [3.8, 4) is 23.6 Å². The molecule has 0 aliphatic rings. The minimum Gasteiger partial charge on any atom is -0.383 e. The Morgan fingerprint density at radius 1 is 1.48 bits per heavy atom. The summed E-state index contributed by atoms with van der Waals surface area (Å²) in [6.07, 6.45) is 9.89. The molecule has 0 aliphatic heterocycles. The van der Waals surface area contributed by atoms with E-state index in [1.165, 1.54) is 17.0 Å². The molecule has 0 fully saturated rings. The predicted octanol–water partition coefficient (Wildman–Crippen LogP) is 1.18. The normalized spacial score (nSPS) is 11.8. The number of anilines is 1. The molecule has 6 nitrogen and oxygen atoms in total. The van der Waals surface area contributed by atoms with Crippen LogP contribution < -0.4 is 11.2 Å². The second-order valence-corrected chi connectivity index (χ2v) is 4.44. The minimum absolute atomic E-state index is 0.0883. The molecule has 0 amide bonds. The average molecular weight is 282 g/mol. The van der Waals surface area contributed by atoms with Gasteiger partial charge in [-0.1, -0.05) is 6.42 Å². The smallest absolute Gasteiger partial charge is 0.178 e. The highest BCUT2D eigenvalue weighted by Gasteiger charge is 2.13. The molecule has 3 aromatic rings. The molecule has 3 heterocycles. The van der Waals surface area contributed by atoms with Gasteiger partial charge in [0.15, 0.2) is 11.3 Å². The van der Waals surface area contributed by atoms with E-state index in [0.29, 0.717) is 28.0 Å². The number of nitrogens with one attached hydrogen (secondary N) is 1. The molecule has 3 rings (SSSR count). The molecule has 0 atom stereocenters. The van der Waals surface area contributed by atoms with Gasteiger partial charge in [-0.05, 0) is 6.07 Å². The van der Waals surface area contributed by atoms with Gasteiger partial charge in [0.2, 0.25) is 0 Å². The first-order valence-electron chi connectivity index (χ1n) is 6.05. The molecule has 0 spiro atoms. The second-order valence-electron chi connectivity index (χ2n) is 4.44. The van der Waals surface area contributed by atoms with Gasteiger partial charge in [-0.15, -0.1) is 0 Å². The number of rotatable bonds is 1. The van der Waals surface area contributed by atoms with Crippen LogP contribution in [0.25, 0.3) is 22.2 Å². The van der Waals surface area contributed by atoms with Crippen LogP contribution in [0.1, 0.15) is 0 Å². The number of nitrogens with two attached hydrogens (primary N) is 1. The summed E-state index contributed by atoms with van der Waals surface area (Å²) in [4.78, 5) is 14.7. The van der Waals surface area contributed by atoms with Crippen LogP contribution in [0.4, 0.5) is 10.2 Å². The van der Waals surface area contributed by atoms with Crippen molar-refractivity contribution < 1.29 is 4.39 Å². The van der Waals surface area contributed by atoms with Crippen LogP contribution in [-0.4, -0.2) is 19.5 Å². The van der Waals surface area contributed by atoms with Crippen LogP contribution >= 0.6 is 0 Å². The number of aromatic nitrogens is 4. The lowest BCUT2D eigenvalue weighted by molar-refractivity contribution is 0.584. The molecule has 7 heteroatoms. The molecule has 3 N–H and O–H groups in total. The maximum atomic E-state index is 14.1. The van der Waals surface area contributed by atoms with Crippen molar-refractivity contribution in [2.75, 3.05) is 5.73 Å². The zero-order valence-electron chi connectivity index (χ0n) is 11.1. The van der Waals surface area contributed by atoms with Gasteiger partial charge < -0.3 is 15.3 Å². The summed E-state index contributed by atoms with van der Waals surface area (Å²) in [6, 6.07) is 3.43. The highest BCUT2D eigenvalue weighted by atomic mass is 19.1. The molecule has 0 unspecified atom stereocenters. The largest absolute Gasteiger partial charge is 0.383 e. The summed E-state index contributed by atoms with van der Waals surface area (Å²) in [5, 5.41) is 0.651. The minimum atomic E-state index is -0.516. The molecule has 0 aliphatic carbocycles. The van der Waals surface area contributed by atoms with E-state index in [2.05, 4.69) is 26.0 Å². The van der Waals surface area contributed by atoms with E-state index in [4.69, 9.17) is 12.2 Å². The van der Waals surface area contributed by atoms with E-state index < -0.39 is 5.82 Å². The van der Waals surface area contributed by atoms with Gasteiger partial charge in [0.25, 0.3) is 0 Å². The first-order valence-corrected chi connectivity index (χ1v) is 6.05. The van der Waals surface area contributed by atoms with Crippen molar-refractivity contribution in [3.63, 3.8) is 0 Å². The Bertz CT molecular complexity index is 918. The van der Waals surface area contributed by atoms with Crippen molar-refractivity contribution in [2.45, 2.75) is 0 Å². The Morgan fingerprint density at radius 2 is 2.29 bits per heavy atom. The lowest BCUT2D eigenvalue weighted by atomic mass is 10.1. The topological polar surface area (TPSA) is 84.9 Å². The Hall–Kier alpha value is -3.14. The van der Waals surface area contributed by atoms with E-state index in [9.17, 15) is 4.39 Å². The lowest BCUT2D eigenvalue weighted by Gasteiger charge is -2.06. The summed E-state index contributed by atoms with van der Waals surface area (Å²) in [7, 11) is 1.66. The summed E-state index contributed by atoms with van der Waals surface area (Å²) in [6.45, 7) is 0. The third kappa shape index (κ3) is 2.03. The van der Waals surface area contributed by atoms with Gasteiger partial charge in [-0.25, -0.2) is 14.4 Å². The highest BCUT2D eigenvalue weighted by Crippen LogP contribution is 2.30. The molecule has 3 aromatic heterocycles. The maximum absolute atomic E-state index is 14.1. The Kier molecular flexibility index (Phi) is 2.92. The van der Waals surface area contributed by atoms with E-state index in [0.717, 1.165) is 0 Å². The molecule has 0 saturated carbocycles. The van der Waals surface area contributed by atoms with Crippen LogP contribution in [0, 0.1) is 18.3 Å². The SMILES string of the molecule is C#CN=c1c(F)cc(-c2c[nH]c3ncnc(N)c23)cn1C. The maximum Gasteiger partial charge on any atom is 0.178 e. The zero-order valence-corrected chi connectivity index (χ0v) is 11.1. The van der Waals surface area contributed by atoms with Crippen LogP contribution in [-0.2, 0) is 7.05 Å². The van der Waals surface area contributed by atoms with Crippen molar-refractivity contribution in [2.24, 2.45) is 12.0 Å². The number of hydrogen-bond acceptors (Lipinski definition) is 4. The molecular formula is C14H11FN6. The van der Waals surface area contributed by atoms with Crippen molar-refractivity contribution >= 4 is 16.9 Å². The van der Waals surface area contributed by atoms with Crippen molar-refractivity contribution in [1.82, 2.24) is 19.5 Å². The van der Waals surface area contributed by atoms with E-state index in [1.54, 1.807) is 19.4 Å². The number of nitrogens with zero attached hydrogens (tertiary/aromatic N) is 4. The standard InChI is InChI=1S/C14H11FN6/c1-3-17-14-10(15)4-8(6-21(14)2)9-5-18-13-11(9)12(16)19-7-20-13/h1,4-7H,2H3,(H3,16,18,19,20). The fourth-order valence-corrected chi connectivity index (χ4v) is 2.23. The first kappa shape index (κ1) is 12.9. The van der Waals surface area contributed by atoms with E-state index in [-0.39, 0.29) is 5.49 Å². The number of aryl methyl sites for hydroxylation is 1. The van der Waals surface area contributed by atoms with Gasteiger partial charge in [-0.2, -0.15) is 4.99 Å². The Labute approximate surface area is 119 Å². The predicted molar refractivity (Wildman–Crippen MR) is 77.1 cm³/mol. The molecule has 104 valence electrons. The van der Waals surface area contributed by atoms with Crippen molar-refractivity contribution in [1.29, 1.82) is 0 Å². The zero-order chi connectivity index (χ0) is 15.0. The number of aromatic amines is 1. The van der Waals surface area contributed by atoms with Gasteiger partial charge in [-0.3, -0.25) is 0 Å². The number of fused-ring (bicyclic) bond motifs is 1. The number of terminal acetylenes is 1. The van der Waals surface area contributed by atoms with Crippen molar-refractivity contribution in [3.05, 3.63) is 36.1 Å². The third-order valence-electron chi connectivity index (χ3n) is 3.14. The van der Waals surface area contributed by atoms with Gasteiger partial charge in [0.1, 0.15) is 17.8 Å². The quantitative estimate of drug-likeness (QED) is 0.657. The fraction of sp³-hybridized carbons (Fsp3) is 0.0714. The number of pyridine rings is 1. The summed E-state index contributed by atoms with van der Waals surface area (Å²) in [5.41, 5.74) is 7.90. The summed E-state index contributed by atoms with van der Waals surface area (Å²) in [5.74, 6) is -0.186. The number of H-pyrrole nitrogens is 1. The lowest BCUT2D eigenvalue weighted by Crippen LogP contribution is -2.21. The number of hydrogen-bond donors (Lipinski definition) is 2. The van der Waals surface area contributed by atoms with Crippen LogP contribution in [0.2, 0.25) is 0 Å². The molecule has 0 saturated heterocycles.